The Bertz CT molecular complexity index is 1690. The first-order chi connectivity index (χ1) is 21.9. The Morgan fingerprint density at radius 1 is 0.826 bits per heavy atom. The second-order valence-corrected chi connectivity index (χ2v) is 14.6. The van der Waals surface area contributed by atoms with Gasteiger partial charge in [-0.3, -0.25) is 13.9 Å². The van der Waals surface area contributed by atoms with Crippen molar-refractivity contribution in [2.75, 3.05) is 17.5 Å². The van der Waals surface area contributed by atoms with Gasteiger partial charge in [-0.1, -0.05) is 76.6 Å². The maximum atomic E-state index is 14.6. The van der Waals surface area contributed by atoms with Gasteiger partial charge in [-0.2, -0.15) is 0 Å². The zero-order valence-corrected chi connectivity index (χ0v) is 28.9. The minimum absolute atomic E-state index is 0.0439. The monoisotopic (exact) mass is 705 g/mol. The number of nitrogens with one attached hydrogen (secondary N) is 1. The van der Waals surface area contributed by atoms with E-state index < -0.39 is 34.1 Å². The first-order valence-electron chi connectivity index (χ1n) is 15.1. The highest BCUT2D eigenvalue weighted by Crippen LogP contribution is 2.27. The largest absolute Gasteiger partial charge is 0.494 e. The number of carbonyl (C=O) groups excluding carboxylic acids is 2. The summed E-state index contributed by atoms with van der Waals surface area (Å²) in [5.41, 5.74) is 1.38. The molecular weight excluding hydrogens is 666 g/mol. The van der Waals surface area contributed by atoms with Crippen molar-refractivity contribution >= 4 is 43.5 Å². The second kappa shape index (κ2) is 15.4. The SMILES string of the molecule is CCOc1ccc(N(CC(=O)N(Cc2ccc(Br)cc2)[C@@H](Cc2ccccc2)C(=O)NC(C)(C)C)S(=O)(=O)c2ccccc2)cc1. The van der Waals surface area contributed by atoms with Crippen LogP contribution in [0.15, 0.2) is 119 Å². The van der Waals surface area contributed by atoms with E-state index in [1.165, 1.54) is 17.0 Å². The summed E-state index contributed by atoms with van der Waals surface area (Å²) >= 11 is 3.46. The van der Waals surface area contributed by atoms with E-state index in [1.54, 1.807) is 42.5 Å². The molecule has 0 aromatic heterocycles. The molecule has 0 fully saturated rings. The third kappa shape index (κ3) is 9.43. The molecule has 46 heavy (non-hydrogen) atoms. The molecule has 8 nitrogen and oxygen atoms in total. The van der Waals surface area contributed by atoms with Gasteiger partial charge in [-0.25, -0.2) is 8.42 Å². The van der Waals surface area contributed by atoms with Crippen molar-refractivity contribution < 1.29 is 22.7 Å². The summed E-state index contributed by atoms with van der Waals surface area (Å²) in [7, 11) is -4.18. The molecule has 0 heterocycles. The number of ether oxygens (including phenoxy) is 1. The molecule has 0 aliphatic heterocycles. The maximum absolute atomic E-state index is 14.6. The first kappa shape index (κ1) is 34.7. The summed E-state index contributed by atoms with van der Waals surface area (Å²) in [6, 6.07) is 30.6. The van der Waals surface area contributed by atoms with Crippen LogP contribution in [0.3, 0.4) is 0 Å². The Labute approximate surface area is 280 Å². The third-order valence-electron chi connectivity index (χ3n) is 7.08. The Hall–Kier alpha value is -4.15. The molecule has 0 bridgehead atoms. The number of amides is 2. The van der Waals surface area contributed by atoms with Crippen molar-refractivity contribution in [3.05, 3.63) is 125 Å². The van der Waals surface area contributed by atoms with Crippen molar-refractivity contribution in [1.82, 2.24) is 10.2 Å². The average molecular weight is 707 g/mol. The van der Waals surface area contributed by atoms with Gasteiger partial charge in [0.1, 0.15) is 18.3 Å². The molecule has 0 radical (unpaired) electrons. The lowest BCUT2D eigenvalue weighted by Gasteiger charge is -2.35. The molecule has 0 unspecified atom stereocenters. The molecule has 1 N–H and O–H groups in total. The van der Waals surface area contributed by atoms with E-state index in [-0.39, 0.29) is 23.8 Å². The van der Waals surface area contributed by atoms with Crippen LogP contribution in [0.25, 0.3) is 0 Å². The Morgan fingerprint density at radius 2 is 1.41 bits per heavy atom. The zero-order valence-electron chi connectivity index (χ0n) is 26.5. The van der Waals surface area contributed by atoms with E-state index in [2.05, 4.69) is 21.2 Å². The van der Waals surface area contributed by atoms with Gasteiger partial charge in [-0.05, 0) is 87.4 Å². The number of hydrogen-bond donors (Lipinski definition) is 1. The van der Waals surface area contributed by atoms with Crippen molar-refractivity contribution in [2.24, 2.45) is 0 Å². The number of benzene rings is 4. The summed E-state index contributed by atoms with van der Waals surface area (Å²) in [6.07, 6.45) is 0.236. The van der Waals surface area contributed by atoms with Crippen LogP contribution in [-0.4, -0.2) is 49.9 Å². The fourth-order valence-corrected chi connectivity index (χ4v) is 6.62. The van der Waals surface area contributed by atoms with Crippen molar-refractivity contribution in [2.45, 2.75) is 57.1 Å². The van der Waals surface area contributed by atoms with Gasteiger partial charge in [0.15, 0.2) is 0 Å². The van der Waals surface area contributed by atoms with Crippen LogP contribution >= 0.6 is 15.9 Å². The van der Waals surface area contributed by atoms with Crippen LogP contribution in [-0.2, 0) is 32.6 Å². The molecule has 10 heteroatoms. The Balaban J connectivity index is 1.80. The van der Waals surface area contributed by atoms with Gasteiger partial charge >= 0.3 is 0 Å². The lowest BCUT2D eigenvalue weighted by atomic mass is 10.0. The number of halogens is 1. The molecule has 4 aromatic rings. The summed E-state index contributed by atoms with van der Waals surface area (Å²) in [4.78, 5) is 30.1. The molecule has 2 amide bonds. The maximum Gasteiger partial charge on any atom is 0.264 e. The summed E-state index contributed by atoms with van der Waals surface area (Å²) < 4.78 is 35.8. The molecule has 1 atom stereocenters. The number of sulfonamides is 1. The minimum Gasteiger partial charge on any atom is -0.494 e. The van der Waals surface area contributed by atoms with Gasteiger partial charge in [0.2, 0.25) is 11.8 Å². The van der Waals surface area contributed by atoms with E-state index in [1.807, 2.05) is 82.3 Å². The number of anilines is 1. The highest BCUT2D eigenvalue weighted by atomic mass is 79.9. The van der Waals surface area contributed by atoms with Gasteiger partial charge in [0.25, 0.3) is 10.0 Å². The normalized spacial score (nSPS) is 12.2. The van der Waals surface area contributed by atoms with Crippen molar-refractivity contribution in [3.63, 3.8) is 0 Å². The van der Waals surface area contributed by atoms with Crippen LogP contribution in [0.4, 0.5) is 5.69 Å². The Morgan fingerprint density at radius 3 is 1.98 bits per heavy atom. The molecule has 0 aliphatic carbocycles. The summed E-state index contributed by atoms with van der Waals surface area (Å²) in [6.45, 7) is 7.51. The number of rotatable bonds is 13. The molecule has 0 spiro atoms. The Kier molecular flexibility index (Phi) is 11.6. The standard InChI is InChI=1S/C36H40BrN3O5S/c1-5-45-31-22-20-30(21-23-31)40(46(43,44)32-14-10-7-11-15-32)26-34(41)39(25-28-16-18-29(37)19-17-28)33(35(42)38-36(2,3)4)24-27-12-8-6-9-13-27/h6-23,33H,5,24-26H2,1-4H3,(H,38,42)/t33-/m0/s1. The van der Waals surface area contributed by atoms with E-state index in [0.29, 0.717) is 18.0 Å². The van der Waals surface area contributed by atoms with E-state index in [4.69, 9.17) is 4.74 Å². The summed E-state index contributed by atoms with van der Waals surface area (Å²) in [5, 5.41) is 3.04. The fourth-order valence-electron chi connectivity index (χ4n) is 4.92. The van der Waals surface area contributed by atoms with Crippen LogP contribution < -0.4 is 14.4 Å². The first-order valence-corrected chi connectivity index (χ1v) is 17.3. The molecule has 242 valence electrons. The molecule has 4 aromatic carbocycles. The molecule has 0 saturated carbocycles. The number of nitrogens with zero attached hydrogens (tertiary/aromatic N) is 2. The molecule has 0 aliphatic rings. The van der Waals surface area contributed by atoms with Gasteiger partial charge < -0.3 is 15.0 Å². The van der Waals surface area contributed by atoms with E-state index in [9.17, 15) is 18.0 Å². The van der Waals surface area contributed by atoms with Gasteiger partial charge in [0, 0.05) is 23.0 Å². The number of carbonyl (C=O) groups is 2. The van der Waals surface area contributed by atoms with Crippen LogP contribution in [0, 0.1) is 0 Å². The highest BCUT2D eigenvalue weighted by molar-refractivity contribution is 9.10. The minimum atomic E-state index is -4.18. The highest BCUT2D eigenvalue weighted by Gasteiger charge is 2.35. The fraction of sp³-hybridized carbons (Fsp3) is 0.278. The van der Waals surface area contributed by atoms with Crippen LogP contribution in [0.2, 0.25) is 0 Å². The topological polar surface area (TPSA) is 96.0 Å². The van der Waals surface area contributed by atoms with Gasteiger partial charge in [0.05, 0.1) is 17.2 Å². The molecule has 4 rings (SSSR count). The average Bonchev–Trinajstić information content (AvgIpc) is 3.03. The zero-order chi connectivity index (χ0) is 33.3. The second-order valence-electron chi connectivity index (χ2n) is 11.8. The summed E-state index contributed by atoms with van der Waals surface area (Å²) in [5.74, 6) is -0.282. The lowest BCUT2D eigenvalue weighted by molar-refractivity contribution is -0.140. The smallest absolute Gasteiger partial charge is 0.264 e. The van der Waals surface area contributed by atoms with Crippen LogP contribution in [0.1, 0.15) is 38.8 Å². The van der Waals surface area contributed by atoms with E-state index >= 15 is 0 Å². The lowest BCUT2D eigenvalue weighted by Crippen LogP contribution is -2.56. The molecular formula is C36H40BrN3O5S. The van der Waals surface area contributed by atoms with Crippen molar-refractivity contribution in [1.29, 1.82) is 0 Å². The quantitative estimate of drug-likeness (QED) is 0.169. The van der Waals surface area contributed by atoms with Crippen LogP contribution in [0.5, 0.6) is 5.75 Å². The van der Waals surface area contributed by atoms with Gasteiger partial charge in [-0.15, -0.1) is 0 Å². The van der Waals surface area contributed by atoms with Crippen molar-refractivity contribution in [3.8, 4) is 5.75 Å². The predicted octanol–water partition coefficient (Wildman–Crippen LogP) is 6.60. The predicted molar refractivity (Wildman–Crippen MR) is 185 cm³/mol. The third-order valence-corrected chi connectivity index (χ3v) is 9.40. The molecule has 0 saturated heterocycles. The van der Waals surface area contributed by atoms with E-state index in [0.717, 1.165) is 19.9 Å². The number of hydrogen-bond acceptors (Lipinski definition) is 5.